The molecule has 0 spiro atoms. The largest absolute Gasteiger partial charge is 0.457 e. The van der Waals surface area contributed by atoms with Gasteiger partial charge in [-0.1, -0.05) is 133 Å². The molecule has 11 atom stereocenters. The van der Waals surface area contributed by atoms with Crippen molar-refractivity contribution in [1.82, 2.24) is 0 Å². The molecule has 0 aromatic rings. The first-order chi connectivity index (χ1) is 31.1. The summed E-state index contributed by atoms with van der Waals surface area (Å²) >= 11 is 0. The highest BCUT2D eigenvalue weighted by Crippen LogP contribution is 2.26. The van der Waals surface area contributed by atoms with Crippen LogP contribution in [-0.2, 0) is 33.2 Å². The Morgan fingerprint density at radius 2 is 1.02 bits per heavy atom. The van der Waals surface area contributed by atoms with Crippen LogP contribution in [0, 0.1) is 0 Å². The summed E-state index contributed by atoms with van der Waals surface area (Å²) in [6.07, 6.45) is 26.0. The molecule has 14 nitrogen and oxygen atoms in total. The van der Waals surface area contributed by atoms with Crippen LogP contribution in [0.5, 0.6) is 0 Å². The van der Waals surface area contributed by atoms with Crippen molar-refractivity contribution in [1.29, 1.82) is 0 Å². The van der Waals surface area contributed by atoms with E-state index in [1.54, 1.807) is 0 Å². The maximum Gasteiger partial charge on any atom is 0.306 e. The number of unbranched alkanes of at least 4 members (excludes halogenated alkanes) is 16. The lowest BCUT2D eigenvalue weighted by atomic mass is 9.98. The average Bonchev–Trinajstić information content (AvgIpc) is 3.29. The van der Waals surface area contributed by atoms with Crippen molar-refractivity contribution in [3.05, 3.63) is 48.6 Å². The summed E-state index contributed by atoms with van der Waals surface area (Å²) in [5.74, 6) is -0.392. The van der Waals surface area contributed by atoms with Gasteiger partial charge in [-0.05, 0) is 70.6 Å². The van der Waals surface area contributed by atoms with Gasteiger partial charge >= 0.3 is 5.97 Å². The molecule has 0 aromatic heterocycles. The maximum atomic E-state index is 13.0. The van der Waals surface area contributed by atoms with Crippen LogP contribution in [0.4, 0.5) is 0 Å². The van der Waals surface area contributed by atoms with Crippen LogP contribution in [0.25, 0.3) is 0 Å². The minimum atomic E-state index is -1.71. The molecule has 0 radical (unpaired) electrons. The molecule has 2 aliphatic rings. The van der Waals surface area contributed by atoms with Gasteiger partial charge in [0.05, 0.1) is 26.4 Å². The van der Waals surface area contributed by atoms with E-state index in [9.17, 15) is 40.5 Å². The normalized spacial score (nSPS) is 27.1. The second-order valence-electron chi connectivity index (χ2n) is 17.3. The monoisotopic (exact) mass is 913 g/mol. The van der Waals surface area contributed by atoms with Gasteiger partial charge in [-0.25, -0.2) is 0 Å². The average molecular weight is 913 g/mol. The fourth-order valence-corrected chi connectivity index (χ4v) is 7.53. The summed E-state index contributed by atoms with van der Waals surface area (Å²) in [5, 5.41) is 72.0. The molecule has 2 heterocycles. The Morgan fingerprint density at radius 3 is 1.61 bits per heavy atom. The van der Waals surface area contributed by atoms with E-state index < -0.39 is 86.7 Å². The smallest absolute Gasteiger partial charge is 0.306 e. The Balaban J connectivity index is 1.80. The van der Waals surface area contributed by atoms with E-state index in [0.29, 0.717) is 13.0 Å². The Kier molecular flexibility index (Phi) is 34.5. The molecular weight excluding hydrogens is 825 g/mol. The van der Waals surface area contributed by atoms with Gasteiger partial charge in [0.2, 0.25) is 0 Å². The van der Waals surface area contributed by atoms with E-state index in [-0.39, 0.29) is 19.6 Å². The number of carbonyl (C=O) groups is 1. The molecule has 0 aromatic carbocycles. The first-order valence-corrected chi connectivity index (χ1v) is 24.7. The molecule has 0 bridgehead atoms. The Bertz CT molecular complexity index is 1240. The lowest BCUT2D eigenvalue weighted by molar-refractivity contribution is -0.332. The first kappa shape index (κ1) is 58.1. The predicted octanol–water partition coefficient (Wildman–Crippen LogP) is 6.79. The highest BCUT2D eigenvalue weighted by molar-refractivity contribution is 5.69. The second kappa shape index (κ2) is 38.0. The number of rotatable bonds is 38. The molecule has 64 heavy (non-hydrogen) atoms. The second-order valence-corrected chi connectivity index (χ2v) is 17.3. The third kappa shape index (κ3) is 25.7. The fraction of sp³-hybridized carbons (Fsp3) is 0.820. The SMILES string of the molecule is CC/C=C\C/C=C\C/C=C\CCCCCCCCOCC(COC1OC(COC2OC(CO)C(O)C(O)C2O)C(O)C(O)C1O)OC(=O)CCCCCCC/C=C\CCCCCCC. The summed E-state index contributed by atoms with van der Waals surface area (Å²) in [7, 11) is 0. The Labute approximate surface area is 384 Å². The standard InChI is InChI=1S/C50H88O14/c1-3-5-7-9-11-13-15-17-19-20-22-24-26-28-30-32-34-59-36-39(62-42(52)33-31-29-27-25-23-21-18-16-14-12-10-8-6-4-2)37-60-49-48(58)46(56)44(54)41(64-49)38-61-50-47(57)45(55)43(53)40(35-51)63-50/h5,7,11,13,16-19,39-41,43-51,53-58H,3-4,6,8-10,12,14-15,20-38H2,1-2H3/b7-5-,13-11-,18-16-,19-17-. The van der Waals surface area contributed by atoms with E-state index in [1.165, 1.54) is 44.9 Å². The molecule has 0 saturated carbocycles. The first-order valence-electron chi connectivity index (χ1n) is 24.7. The van der Waals surface area contributed by atoms with E-state index in [0.717, 1.165) is 89.9 Å². The molecule has 11 unspecified atom stereocenters. The van der Waals surface area contributed by atoms with Gasteiger partial charge in [0, 0.05) is 13.0 Å². The van der Waals surface area contributed by atoms with Gasteiger partial charge < -0.3 is 64.2 Å². The van der Waals surface area contributed by atoms with E-state index >= 15 is 0 Å². The Hall–Kier alpha value is -2.05. The summed E-state index contributed by atoms with van der Waals surface area (Å²) < 4.78 is 34.2. The molecular formula is C50H88O14. The summed E-state index contributed by atoms with van der Waals surface area (Å²) in [6.45, 7) is 3.51. The minimum absolute atomic E-state index is 0.0482. The zero-order chi connectivity index (χ0) is 46.6. The number of hydrogen-bond donors (Lipinski definition) is 7. The molecule has 372 valence electrons. The van der Waals surface area contributed by atoms with Gasteiger partial charge in [-0.3, -0.25) is 4.79 Å². The molecule has 2 aliphatic heterocycles. The number of allylic oxidation sites excluding steroid dienone is 8. The number of aliphatic hydroxyl groups is 7. The van der Waals surface area contributed by atoms with Crippen molar-refractivity contribution in [2.24, 2.45) is 0 Å². The summed E-state index contributed by atoms with van der Waals surface area (Å²) in [6, 6.07) is 0. The number of aliphatic hydroxyl groups excluding tert-OH is 7. The summed E-state index contributed by atoms with van der Waals surface area (Å²) in [4.78, 5) is 13.0. The van der Waals surface area contributed by atoms with Gasteiger partial charge in [0.25, 0.3) is 0 Å². The van der Waals surface area contributed by atoms with Crippen molar-refractivity contribution in [3.8, 4) is 0 Å². The zero-order valence-electron chi connectivity index (χ0n) is 39.3. The van der Waals surface area contributed by atoms with Gasteiger partial charge in [-0.15, -0.1) is 0 Å². The minimum Gasteiger partial charge on any atom is -0.457 e. The van der Waals surface area contributed by atoms with Gasteiger partial charge in [0.15, 0.2) is 12.6 Å². The quantitative estimate of drug-likeness (QED) is 0.0193. The predicted molar refractivity (Wildman–Crippen MR) is 247 cm³/mol. The highest BCUT2D eigenvalue weighted by atomic mass is 16.7. The Morgan fingerprint density at radius 1 is 0.531 bits per heavy atom. The van der Waals surface area contributed by atoms with Crippen LogP contribution >= 0.6 is 0 Å². The van der Waals surface area contributed by atoms with E-state index in [2.05, 4.69) is 62.5 Å². The topological polar surface area (TPSA) is 214 Å². The van der Waals surface area contributed by atoms with Crippen molar-refractivity contribution in [3.63, 3.8) is 0 Å². The van der Waals surface area contributed by atoms with Gasteiger partial charge in [0.1, 0.15) is 54.9 Å². The van der Waals surface area contributed by atoms with Crippen LogP contribution in [0.1, 0.15) is 162 Å². The molecule has 0 amide bonds. The van der Waals surface area contributed by atoms with Crippen LogP contribution < -0.4 is 0 Å². The maximum absolute atomic E-state index is 13.0. The van der Waals surface area contributed by atoms with Gasteiger partial charge in [-0.2, -0.15) is 0 Å². The molecule has 0 aliphatic carbocycles. The van der Waals surface area contributed by atoms with E-state index in [4.69, 9.17) is 28.4 Å². The van der Waals surface area contributed by atoms with Crippen LogP contribution in [0.3, 0.4) is 0 Å². The molecule has 2 fully saturated rings. The molecule has 14 heteroatoms. The van der Waals surface area contributed by atoms with Crippen molar-refractivity contribution in [2.75, 3.05) is 33.0 Å². The zero-order valence-corrected chi connectivity index (χ0v) is 39.3. The number of hydrogen-bond acceptors (Lipinski definition) is 14. The van der Waals surface area contributed by atoms with Crippen molar-refractivity contribution >= 4 is 5.97 Å². The van der Waals surface area contributed by atoms with E-state index in [1.807, 2.05) is 0 Å². The van der Waals surface area contributed by atoms with Crippen LogP contribution in [-0.4, -0.2) is 142 Å². The fourth-order valence-electron chi connectivity index (χ4n) is 7.53. The lowest BCUT2D eigenvalue weighted by Crippen LogP contribution is -2.61. The van der Waals surface area contributed by atoms with Crippen molar-refractivity contribution < 1.29 is 69.0 Å². The molecule has 7 N–H and O–H groups in total. The third-order valence-corrected chi connectivity index (χ3v) is 11.6. The molecule has 2 rings (SSSR count). The number of ether oxygens (including phenoxy) is 6. The third-order valence-electron chi connectivity index (χ3n) is 11.6. The number of esters is 1. The molecule has 2 saturated heterocycles. The number of carbonyl (C=O) groups excluding carboxylic acids is 1. The lowest BCUT2D eigenvalue weighted by Gasteiger charge is -2.42. The highest BCUT2D eigenvalue weighted by Gasteiger charge is 2.47. The van der Waals surface area contributed by atoms with Crippen LogP contribution in [0.15, 0.2) is 48.6 Å². The van der Waals surface area contributed by atoms with Crippen molar-refractivity contribution in [2.45, 2.75) is 229 Å². The van der Waals surface area contributed by atoms with Crippen LogP contribution in [0.2, 0.25) is 0 Å². The summed E-state index contributed by atoms with van der Waals surface area (Å²) in [5.41, 5.74) is 0.